The van der Waals surface area contributed by atoms with Crippen LogP contribution in [0.15, 0.2) is 18.7 Å². The van der Waals surface area contributed by atoms with Crippen LogP contribution in [0.5, 0.6) is 0 Å². The predicted molar refractivity (Wildman–Crippen MR) is 54.6 cm³/mol. The van der Waals surface area contributed by atoms with Gasteiger partial charge >= 0.3 is 5.51 Å². The molecule has 0 aromatic carbocycles. The number of aliphatic hydroxyl groups is 2. The molecule has 19 heavy (non-hydrogen) atoms. The van der Waals surface area contributed by atoms with Crippen LogP contribution in [0.4, 0.5) is 13.2 Å². The fraction of sp³-hybridized carbons (Fsp3) is 0.625. The SMILES string of the molecule is O=S(=O)([O-])C(F)(F)F.OCCn1cc[n+](CCO)c1. The molecule has 0 atom stereocenters. The van der Waals surface area contributed by atoms with Gasteiger partial charge in [0.15, 0.2) is 10.1 Å². The van der Waals surface area contributed by atoms with E-state index in [0.717, 1.165) is 0 Å². The molecule has 0 saturated heterocycles. The lowest BCUT2D eigenvalue weighted by Gasteiger charge is -2.08. The molecule has 0 bridgehead atoms. The van der Waals surface area contributed by atoms with Crippen molar-refractivity contribution in [2.45, 2.75) is 18.6 Å². The zero-order valence-corrected chi connectivity index (χ0v) is 10.4. The largest absolute Gasteiger partial charge is 0.741 e. The van der Waals surface area contributed by atoms with Crippen LogP contribution < -0.4 is 4.57 Å². The average molecular weight is 306 g/mol. The third-order valence-electron chi connectivity index (χ3n) is 1.75. The van der Waals surface area contributed by atoms with Gasteiger partial charge in [0.05, 0.1) is 13.2 Å². The van der Waals surface area contributed by atoms with Gasteiger partial charge in [0.2, 0.25) is 6.33 Å². The Hall–Kier alpha value is -1.17. The van der Waals surface area contributed by atoms with Crippen LogP contribution in [0.2, 0.25) is 0 Å². The van der Waals surface area contributed by atoms with Crippen molar-refractivity contribution in [3.63, 3.8) is 0 Å². The molecule has 7 nitrogen and oxygen atoms in total. The van der Waals surface area contributed by atoms with E-state index >= 15 is 0 Å². The zero-order chi connectivity index (χ0) is 15.1. The molecule has 0 spiro atoms. The highest BCUT2D eigenvalue weighted by Gasteiger charge is 2.36. The molecule has 112 valence electrons. The maximum atomic E-state index is 10.7. The Bertz CT molecular complexity index is 450. The minimum absolute atomic E-state index is 0.147. The van der Waals surface area contributed by atoms with E-state index in [-0.39, 0.29) is 13.2 Å². The lowest BCUT2D eigenvalue weighted by Crippen LogP contribution is -2.32. The van der Waals surface area contributed by atoms with Crippen molar-refractivity contribution in [1.82, 2.24) is 4.57 Å². The van der Waals surface area contributed by atoms with Crippen LogP contribution in [-0.4, -0.2) is 46.5 Å². The van der Waals surface area contributed by atoms with Crippen LogP contribution >= 0.6 is 0 Å². The van der Waals surface area contributed by atoms with Crippen LogP contribution in [0, 0.1) is 0 Å². The van der Waals surface area contributed by atoms with Gasteiger partial charge in [0, 0.05) is 0 Å². The monoisotopic (exact) mass is 306 g/mol. The van der Waals surface area contributed by atoms with E-state index < -0.39 is 15.6 Å². The molecule has 0 radical (unpaired) electrons. The summed E-state index contributed by atoms with van der Waals surface area (Å²) in [6.45, 7) is 1.51. The van der Waals surface area contributed by atoms with Crippen molar-refractivity contribution in [1.29, 1.82) is 0 Å². The Kier molecular flexibility index (Phi) is 6.97. The first-order valence-corrected chi connectivity index (χ1v) is 6.31. The highest BCUT2D eigenvalue weighted by molar-refractivity contribution is 7.86. The lowest BCUT2D eigenvalue weighted by molar-refractivity contribution is -0.697. The van der Waals surface area contributed by atoms with Crippen LogP contribution in [-0.2, 0) is 23.2 Å². The van der Waals surface area contributed by atoms with Crippen LogP contribution in [0.25, 0.3) is 0 Å². The summed E-state index contributed by atoms with van der Waals surface area (Å²) >= 11 is 0. The summed E-state index contributed by atoms with van der Waals surface area (Å²) in [7, 11) is -6.09. The van der Waals surface area contributed by atoms with Crippen molar-refractivity contribution in [2.75, 3.05) is 13.2 Å². The third-order valence-corrected chi connectivity index (χ3v) is 2.31. The number of imidazole rings is 1. The molecule has 0 aliphatic rings. The van der Waals surface area contributed by atoms with Gasteiger partial charge in [-0.1, -0.05) is 0 Å². The summed E-state index contributed by atoms with van der Waals surface area (Å²) < 4.78 is 62.6. The van der Waals surface area contributed by atoms with Crippen molar-refractivity contribution in [3.05, 3.63) is 18.7 Å². The maximum Gasteiger partial charge on any atom is 0.485 e. The van der Waals surface area contributed by atoms with Gasteiger partial charge in [0.1, 0.15) is 25.5 Å². The second kappa shape index (κ2) is 7.43. The quantitative estimate of drug-likeness (QED) is 0.413. The van der Waals surface area contributed by atoms with Gasteiger partial charge in [-0.15, -0.1) is 0 Å². The number of aromatic nitrogens is 2. The summed E-state index contributed by atoms with van der Waals surface area (Å²) in [5.74, 6) is 0. The molecule has 0 aliphatic heterocycles. The van der Waals surface area contributed by atoms with Crippen molar-refractivity contribution < 1.29 is 40.9 Å². The Balaban J connectivity index is 0.000000362. The van der Waals surface area contributed by atoms with Gasteiger partial charge in [-0.25, -0.2) is 17.6 Å². The number of alkyl halides is 3. The number of rotatable bonds is 4. The van der Waals surface area contributed by atoms with E-state index in [9.17, 15) is 13.2 Å². The fourth-order valence-corrected chi connectivity index (χ4v) is 0.934. The molecule has 0 unspecified atom stereocenters. The number of aliphatic hydroxyl groups excluding tert-OH is 2. The summed E-state index contributed by atoms with van der Waals surface area (Å²) in [5.41, 5.74) is -5.65. The standard InChI is InChI=1S/C7H13N2O2.CHF3O3S/c10-5-3-8-1-2-9(7-8)4-6-11;2-1(3,4)8(5,6)7/h1-2,7,10-11H,3-6H2;(H,5,6,7)/q+1;/p-1. The first-order valence-electron chi connectivity index (χ1n) is 4.90. The molecule has 0 aliphatic carbocycles. The molecule has 1 aromatic heterocycles. The van der Waals surface area contributed by atoms with Crippen molar-refractivity contribution in [3.8, 4) is 0 Å². The van der Waals surface area contributed by atoms with Crippen molar-refractivity contribution in [2.24, 2.45) is 0 Å². The third kappa shape index (κ3) is 7.10. The Labute approximate surface area is 107 Å². The second-order valence-corrected chi connectivity index (χ2v) is 4.61. The van der Waals surface area contributed by atoms with E-state index in [2.05, 4.69) is 0 Å². The highest BCUT2D eigenvalue weighted by Crippen LogP contribution is 2.20. The van der Waals surface area contributed by atoms with Gasteiger partial charge in [-0.3, -0.25) is 0 Å². The molecule has 11 heteroatoms. The minimum atomic E-state index is -6.09. The normalized spacial score (nSPS) is 11.9. The Morgan fingerprint density at radius 3 is 2.16 bits per heavy atom. The molecule has 1 rings (SSSR count). The van der Waals surface area contributed by atoms with E-state index in [4.69, 9.17) is 23.2 Å². The Morgan fingerprint density at radius 1 is 1.26 bits per heavy atom. The number of hydrogen-bond donors (Lipinski definition) is 2. The number of hydrogen-bond acceptors (Lipinski definition) is 5. The summed E-state index contributed by atoms with van der Waals surface area (Å²) in [4.78, 5) is 0. The topological polar surface area (TPSA) is 106 Å². The van der Waals surface area contributed by atoms with Crippen LogP contribution in [0.3, 0.4) is 0 Å². The first-order chi connectivity index (χ1) is 8.61. The van der Waals surface area contributed by atoms with Gasteiger partial charge in [0.25, 0.3) is 0 Å². The molecule has 1 heterocycles. The molecule has 0 amide bonds. The molecular formula is C8H13F3N2O5S. The van der Waals surface area contributed by atoms with Crippen LogP contribution in [0.1, 0.15) is 0 Å². The van der Waals surface area contributed by atoms with E-state index in [1.165, 1.54) is 0 Å². The van der Waals surface area contributed by atoms with E-state index in [1.54, 1.807) is 0 Å². The summed E-state index contributed by atoms with van der Waals surface area (Å²) in [6.07, 6.45) is 5.59. The molecule has 0 fully saturated rings. The Morgan fingerprint density at radius 2 is 1.79 bits per heavy atom. The zero-order valence-electron chi connectivity index (χ0n) is 9.62. The lowest BCUT2D eigenvalue weighted by atomic mass is 10.7. The molecule has 1 aromatic rings. The maximum absolute atomic E-state index is 10.7. The summed E-state index contributed by atoms with van der Waals surface area (Å²) in [5, 5.41) is 17.2. The summed E-state index contributed by atoms with van der Waals surface area (Å²) in [6, 6.07) is 0. The van der Waals surface area contributed by atoms with Gasteiger partial charge < -0.3 is 14.8 Å². The number of nitrogens with zero attached hydrogens (tertiary/aromatic N) is 2. The van der Waals surface area contributed by atoms with Crippen molar-refractivity contribution >= 4 is 10.1 Å². The smallest absolute Gasteiger partial charge is 0.485 e. The van der Waals surface area contributed by atoms with E-state index in [1.807, 2.05) is 27.9 Å². The second-order valence-electron chi connectivity index (χ2n) is 3.24. The predicted octanol–water partition coefficient (Wildman–Crippen LogP) is -1.19. The minimum Gasteiger partial charge on any atom is -0.741 e. The molecule has 2 N–H and O–H groups in total. The fourth-order valence-electron chi connectivity index (χ4n) is 0.934. The van der Waals surface area contributed by atoms with Gasteiger partial charge in [-0.2, -0.15) is 13.2 Å². The molecular weight excluding hydrogens is 293 g/mol. The highest BCUT2D eigenvalue weighted by atomic mass is 32.2. The van der Waals surface area contributed by atoms with Gasteiger partial charge in [-0.05, 0) is 0 Å². The first kappa shape index (κ1) is 17.8. The average Bonchev–Trinajstić information content (AvgIpc) is 2.65. The molecule has 0 saturated carbocycles. The van der Waals surface area contributed by atoms with E-state index in [0.29, 0.717) is 13.1 Å². The number of halogens is 3.